The second kappa shape index (κ2) is 9.90. The Labute approximate surface area is 182 Å². The summed E-state index contributed by atoms with van der Waals surface area (Å²) in [5.74, 6) is -3.42. The molecule has 2 aromatic rings. The number of amides is 2. The van der Waals surface area contributed by atoms with Crippen molar-refractivity contribution in [2.75, 3.05) is 25.0 Å². The zero-order valence-electron chi connectivity index (χ0n) is 18.2. The zero-order chi connectivity index (χ0) is 22.5. The van der Waals surface area contributed by atoms with Gasteiger partial charge in [0.1, 0.15) is 23.2 Å². The molecular formula is C24H29F2N3O2. The van der Waals surface area contributed by atoms with Gasteiger partial charge in [0, 0.05) is 32.4 Å². The van der Waals surface area contributed by atoms with Crippen LogP contribution in [0.2, 0.25) is 0 Å². The number of hydrogen-bond acceptors (Lipinski definition) is 3. The lowest BCUT2D eigenvalue weighted by Gasteiger charge is -2.29. The van der Waals surface area contributed by atoms with E-state index in [-0.39, 0.29) is 11.8 Å². The Kier molecular flexibility index (Phi) is 7.25. The van der Waals surface area contributed by atoms with Gasteiger partial charge >= 0.3 is 0 Å². The molecule has 1 aliphatic heterocycles. The molecule has 7 heteroatoms. The van der Waals surface area contributed by atoms with E-state index in [2.05, 4.69) is 16.3 Å². The molecule has 166 valence electrons. The Hall–Kier alpha value is -2.96. The standard InChI is InChI=1S/C24H29F2N3O2/c1-16(2)22(27-23(30)21-18(25)10-8-11-19(21)26)24(31)28(3)15-17-9-4-5-12-20(17)29-13-6-7-14-29/h4-5,8-12,16,22H,6-7,13-15H2,1-3H3,(H,27,30). The Balaban J connectivity index is 1.75. The molecule has 1 heterocycles. The van der Waals surface area contributed by atoms with Gasteiger partial charge in [-0.2, -0.15) is 0 Å². The van der Waals surface area contributed by atoms with Crippen LogP contribution in [-0.4, -0.2) is 42.9 Å². The number of hydrogen-bond donors (Lipinski definition) is 1. The lowest BCUT2D eigenvalue weighted by molar-refractivity contribution is -0.133. The molecule has 1 saturated heterocycles. The van der Waals surface area contributed by atoms with Crippen molar-refractivity contribution in [2.24, 2.45) is 5.92 Å². The van der Waals surface area contributed by atoms with Crippen LogP contribution < -0.4 is 10.2 Å². The summed E-state index contributed by atoms with van der Waals surface area (Å²) in [6.45, 7) is 5.93. The molecule has 2 aromatic carbocycles. The highest BCUT2D eigenvalue weighted by atomic mass is 19.1. The summed E-state index contributed by atoms with van der Waals surface area (Å²) in [5.41, 5.74) is 1.45. The van der Waals surface area contributed by atoms with Crippen molar-refractivity contribution in [1.82, 2.24) is 10.2 Å². The summed E-state index contributed by atoms with van der Waals surface area (Å²) >= 11 is 0. The maximum atomic E-state index is 14.0. The average molecular weight is 430 g/mol. The number of rotatable bonds is 7. The highest BCUT2D eigenvalue weighted by molar-refractivity contribution is 5.98. The molecule has 2 amide bonds. The maximum Gasteiger partial charge on any atom is 0.257 e. The van der Waals surface area contributed by atoms with Gasteiger partial charge in [0.25, 0.3) is 5.91 Å². The summed E-state index contributed by atoms with van der Waals surface area (Å²) in [6, 6.07) is 10.3. The first-order chi connectivity index (χ1) is 14.8. The summed E-state index contributed by atoms with van der Waals surface area (Å²) < 4.78 is 28.0. The smallest absolute Gasteiger partial charge is 0.257 e. The van der Waals surface area contributed by atoms with Crippen LogP contribution in [0.4, 0.5) is 14.5 Å². The third-order valence-electron chi connectivity index (χ3n) is 5.63. The number of carbonyl (C=O) groups is 2. The molecule has 1 atom stereocenters. The first kappa shape index (κ1) is 22.7. The number of para-hydroxylation sites is 1. The minimum atomic E-state index is -0.958. The molecule has 1 N–H and O–H groups in total. The monoisotopic (exact) mass is 429 g/mol. The summed E-state index contributed by atoms with van der Waals surface area (Å²) in [4.78, 5) is 29.6. The molecule has 31 heavy (non-hydrogen) atoms. The first-order valence-corrected chi connectivity index (χ1v) is 10.6. The van der Waals surface area contributed by atoms with Crippen LogP contribution in [0.3, 0.4) is 0 Å². The van der Waals surface area contributed by atoms with Gasteiger partial charge in [-0.1, -0.05) is 38.1 Å². The Morgan fingerprint density at radius 3 is 2.26 bits per heavy atom. The predicted molar refractivity (Wildman–Crippen MR) is 117 cm³/mol. The fraction of sp³-hybridized carbons (Fsp3) is 0.417. The van der Waals surface area contributed by atoms with Crippen LogP contribution in [0.15, 0.2) is 42.5 Å². The predicted octanol–water partition coefficient (Wildman–Crippen LogP) is 3.98. The maximum absolute atomic E-state index is 14.0. The topological polar surface area (TPSA) is 52.7 Å². The normalized spacial score (nSPS) is 14.6. The molecule has 0 saturated carbocycles. The van der Waals surface area contributed by atoms with Crippen molar-refractivity contribution in [3.05, 3.63) is 65.2 Å². The van der Waals surface area contributed by atoms with E-state index >= 15 is 0 Å². The third kappa shape index (κ3) is 5.21. The molecule has 3 rings (SSSR count). The van der Waals surface area contributed by atoms with E-state index in [9.17, 15) is 18.4 Å². The van der Waals surface area contributed by atoms with Crippen molar-refractivity contribution < 1.29 is 18.4 Å². The van der Waals surface area contributed by atoms with Crippen LogP contribution in [0.25, 0.3) is 0 Å². The first-order valence-electron chi connectivity index (χ1n) is 10.6. The number of nitrogens with zero attached hydrogens (tertiary/aromatic N) is 2. The Morgan fingerprint density at radius 1 is 1.03 bits per heavy atom. The number of anilines is 1. The van der Waals surface area contributed by atoms with Gasteiger partial charge in [0.05, 0.1) is 0 Å². The molecule has 1 aliphatic rings. The number of benzene rings is 2. The molecule has 0 spiro atoms. The van der Waals surface area contributed by atoms with Crippen LogP contribution >= 0.6 is 0 Å². The Morgan fingerprint density at radius 2 is 1.65 bits per heavy atom. The minimum absolute atomic E-state index is 0.262. The van der Waals surface area contributed by atoms with Gasteiger partial charge in [-0.3, -0.25) is 9.59 Å². The van der Waals surface area contributed by atoms with Crippen LogP contribution in [0.5, 0.6) is 0 Å². The summed E-state index contributed by atoms with van der Waals surface area (Å²) in [6.07, 6.45) is 2.30. The molecular weight excluding hydrogens is 400 g/mol. The molecule has 1 unspecified atom stereocenters. The summed E-state index contributed by atoms with van der Waals surface area (Å²) in [7, 11) is 1.67. The number of halogens is 2. The van der Waals surface area contributed by atoms with Crippen LogP contribution in [0, 0.1) is 17.6 Å². The molecule has 0 radical (unpaired) electrons. The van der Waals surface area contributed by atoms with E-state index in [1.165, 1.54) is 6.07 Å². The van der Waals surface area contributed by atoms with Crippen molar-refractivity contribution >= 4 is 17.5 Å². The quantitative estimate of drug-likeness (QED) is 0.725. The number of carbonyl (C=O) groups excluding carboxylic acids is 2. The largest absolute Gasteiger partial charge is 0.371 e. The van der Waals surface area contributed by atoms with E-state index in [1.54, 1.807) is 25.8 Å². The molecule has 0 aliphatic carbocycles. The third-order valence-corrected chi connectivity index (χ3v) is 5.63. The minimum Gasteiger partial charge on any atom is -0.371 e. The van der Waals surface area contributed by atoms with E-state index in [4.69, 9.17) is 0 Å². The lowest BCUT2D eigenvalue weighted by atomic mass is 10.0. The highest BCUT2D eigenvalue weighted by Gasteiger charge is 2.30. The van der Waals surface area contributed by atoms with Gasteiger partial charge < -0.3 is 15.1 Å². The van der Waals surface area contributed by atoms with E-state index in [1.807, 2.05) is 18.2 Å². The highest BCUT2D eigenvalue weighted by Crippen LogP contribution is 2.25. The van der Waals surface area contributed by atoms with Crippen molar-refractivity contribution in [3.63, 3.8) is 0 Å². The SMILES string of the molecule is CC(C)C(NC(=O)c1c(F)cccc1F)C(=O)N(C)Cc1ccccc1N1CCCC1. The zero-order valence-corrected chi connectivity index (χ0v) is 18.2. The van der Waals surface area contributed by atoms with E-state index in [0.29, 0.717) is 6.54 Å². The van der Waals surface area contributed by atoms with Crippen LogP contribution in [-0.2, 0) is 11.3 Å². The van der Waals surface area contributed by atoms with Gasteiger partial charge in [-0.15, -0.1) is 0 Å². The van der Waals surface area contributed by atoms with E-state index in [0.717, 1.165) is 49.3 Å². The molecule has 0 bridgehead atoms. The second-order valence-electron chi connectivity index (χ2n) is 8.31. The van der Waals surface area contributed by atoms with Crippen molar-refractivity contribution in [2.45, 2.75) is 39.3 Å². The van der Waals surface area contributed by atoms with Gasteiger partial charge in [-0.05, 0) is 42.5 Å². The average Bonchev–Trinajstić information content (AvgIpc) is 3.26. The second-order valence-corrected chi connectivity index (χ2v) is 8.31. The van der Waals surface area contributed by atoms with Crippen molar-refractivity contribution in [1.29, 1.82) is 0 Å². The van der Waals surface area contributed by atoms with Gasteiger partial charge in [0.15, 0.2) is 0 Å². The fourth-order valence-corrected chi connectivity index (χ4v) is 3.92. The molecule has 0 aromatic heterocycles. The Bertz CT molecular complexity index is 922. The van der Waals surface area contributed by atoms with E-state index < -0.39 is 29.1 Å². The van der Waals surface area contributed by atoms with Gasteiger partial charge in [0.2, 0.25) is 5.91 Å². The summed E-state index contributed by atoms with van der Waals surface area (Å²) in [5, 5.41) is 2.53. The van der Waals surface area contributed by atoms with Gasteiger partial charge in [-0.25, -0.2) is 8.78 Å². The van der Waals surface area contributed by atoms with Crippen molar-refractivity contribution in [3.8, 4) is 0 Å². The number of likely N-dealkylation sites (N-methyl/N-ethyl adjacent to an activating group) is 1. The lowest BCUT2D eigenvalue weighted by Crippen LogP contribution is -2.50. The molecule has 5 nitrogen and oxygen atoms in total. The van der Waals surface area contributed by atoms with Crippen LogP contribution in [0.1, 0.15) is 42.6 Å². The fourth-order valence-electron chi connectivity index (χ4n) is 3.92. The molecule has 1 fully saturated rings. The number of nitrogens with one attached hydrogen (secondary N) is 1.